The van der Waals surface area contributed by atoms with Gasteiger partial charge in [-0.1, -0.05) is 133 Å². The first-order valence-corrected chi connectivity index (χ1v) is 17.4. The molecule has 50 heavy (non-hydrogen) atoms. The zero-order valence-electron chi connectivity index (χ0n) is 26.7. The lowest BCUT2D eigenvalue weighted by Gasteiger charge is -2.17. The summed E-state index contributed by atoms with van der Waals surface area (Å²) in [5.41, 5.74) is 8.83. The van der Waals surface area contributed by atoms with Crippen LogP contribution in [0.5, 0.6) is 0 Å². The Kier molecular flexibility index (Phi) is 6.64. The predicted octanol–water partition coefficient (Wildman–Crippen LogP) is 12.5. The van der Waals surface area contributed by atoms with E-state index in [2.05, 4.69) is 91.0 Å². The van der Waals surface area contributed by atoms with Gasteiger partial charge in [-0.2, -0.15) is 0 Å². The van der Waals surface area contributed by atoms with Gasteiger partial charge in [-0.25, -0.2) is 15.0 Å². The van der Waals surface area contributed by atoms with Gasteiger partial charge < -0.3 is 4.42 Å². The largest absolute Gasteiger partial charge is 0.456 e. The van der Waals surface area contributed by atoms with E-state index < -0.39 is 0 Å². The van der Waals surface area contributed by atoms with Crippen molar-refractivity contribution in [3.8, 4) is 56.4 Å². The van der Waals surface area contributed by atoms with Crippen LogP contribution in [0.3, 0.4) is 0 Å². The molecule has 0 N–H and O–H groups in total. The summed E-state index contributed by atoms with van der Waals surface area (Å²) in [5.74, 6) is 1.87. The molecule has 0 radical (unpaired) electrons. The molecule has 4 nitrogen and oxygen atoms in total. The molecule has 3 heterocycles. The molecule has 3 aromatic heterocycles. The van der Waals surface area contributed by atoms with Crippen molar-refractivity contribution in [2.24, 2.45) is 0 Å². The Balaban J connectivity index is 1.30. The maximum atomic E-state index is 6.42. The summed E-state index contributed by atoms with van der Waals surface area (Å²) in [6, 6.07) is 56.8. The van der Waals surface area contributed by atoms with Crippen LogP contribution in [0.25, 0.3) is 98.5 Å². The van der Waals surface area contributed by atoms with Crippen LogP contribution in [-0.2, 0) is 0 Å². The maximum Gasteiger partial charge on any atom is 0.164 e. The molecule has 10 rings (SSSR count). The summed E-state index contributed by atoms with van der Waals surface area (Å²) in [6.45, 7) is 0. The van der Waals surface area contributed by atoms with E-state index in [1.165, 1.54) is 20.2 Å². The SMILES string of the molecule is c1ccc(-c2nc(-c3ccccc3)nc(-c3cccc(-c4ccc5sc6ccccc6c5c4)c3-c3cccc4oc5ccccc5c34)n2)cc1. The molecule has 234 valence electrons. The third-order valence-corrected chi connectivity index (χ3v) is 10.5. The lowest BCUT2D eigenvalue weighted by molar-refractivity contribution is 0.669. The maximum absolute atomic E-state index is 6.42. The average molecular weight is 658 g/mol. The molecular weight excluding hydrogens is 631 g/mol. The summed E-state index contributed by atoms with van der Waals surface area (Å²) in [7, 11) is 0. The minimum absolute atomic E-state index is 0.612. The second-order valence-electron chi connectivity index (χ2n) is 12.4. The van der Waals surface area contributed by atoms with Crippen LogP contribution in [0.2, 0.25) is 0 Å². The number of rotatable bonds is 5. The Bertz CT molecular complexity index is 2820. The molecule has 0 fully saturated rings. The number of furan rings is 1. The number of para-hydroxylation sites is 1. The molecule has 7 aromatic carbocycles. The van der Waals surface area contributed by atoms with Crippen LogP contribution >= 0.6 is 11.3 Å². The fourth-order valence-corrected chi connectivity index (χ4v) is 8.16. The molecule has 0 amide bonds. The van der Waals surface area contributed by atoms with Gasteiger partial charge in [-0.05, 0) is 47.0 Å². The number of hydrogen-bond acceptors (Lipinski definition) is 5. The molecule has 0 unspecified atom stereocenters. The van der Waals surface area contributed by atoms with Gasteiger partial charge in [-0.3, -0.25) is 0 Å². The van der Waals surface area contributed by atoms with Gasteiger partial charge in [0.2, 0.25) is 0 Å². The zero-order chi connectivity index (χ0) is 33.0. The Hall–Kier alpha value is -6.43. The summed E-state index contributed by atoms with van der Waals surface area (Å²) in [4.78, 5) is 15.4. The normalized spacial score (nSPS) is 11.6. The highest BCUT2D eigenvalue weighted by Crippen LogP contribution is 2.46. The highest BCUT2D eigenvalue weighted by Gasteiger charge is 2.22. The molecule has 0 bridgehead atoms. The first-order chi connectivity index (χ1) is 24.8. The lowest BCUT2D eigenvalue weighted by atomic mass is 9.87. The van der Waals surface area contributed by atoms with E-state index in [9.17, 15) is 0 Å². The number of hydrogen-bond donors (Lipinski definition) is 0. The fourth-order valence-electron chi connectivity index (χ4n) is 7.08. The summed E-state index contributed by atoms with van der Waals surface area (Å²) in [6.07, 6.45) is 0. The first-order valence-electron chi connectivity index (χ1n) is 16.6. The summed E-state index contributed by atoms with van der Waals surface area (Å²) >= 11 is 1.83. The van der Waals surface area contributed by atoms with E-state index in [0.29, 0.717) is 17.5 Å². The van der Waals surface area contributed by atoms with Crippen molar-refractivity contribution in [1.29, 1.82) is 0 Å². The van der Waals surface area contributed by atoms with Crippen molar-refractivity contribution in [1.82, 2.24) is 15.0 Å². The third kappa shape index (κ3) is 4.71. The molecule has 0 aliphatic heterocycles. The van der Waals surface area contributed by atoms with Gasteiger partial charge in [0.1, 0.15) is 11.2 Å². The summed E-state index contributed by atoms with van der Waals surface area (Å²) in [5, 5.41) is 4.67. The van der Waals surface area contributed by atoms with Crippen LogP contribution in [0.4, 0.5) is 0 Å². The van der Waals surface area contributed by atoms with Crippen LogP contribution in [0, 0.1) is 0 Å². The third-order valence-electron chi connectivity index (χ3n) is 9.36. The molecule has 0 atom stereocenters. The standard InChI is InChI=1S/C45H27N3OS/c1-3-13-28(14-4-1)43-46-44(29-15-5-2-6-16-29)48-45(47-43)35-21-11-19-31(30-25-26-40-36(27-30)32-17-8-10-24-39(32)50-40)41(35)34-20-12-23-38-42(34)33-18-7-9-22-37(33)49-38/h1-27H. The highest BCUT2D eigenvalue weighted by atomic mass is 32.1. The second-order valence-corrected chi connectivity index (χ2v) is 13.4. The second kappa shape index (κ2) is 11.6. The number of benzene rings is 7. The Morgan fingerprint density at radius 1 is 0.380 bits per heavy atom. The van der Waals surface area contributed by atoms with E-state index in [1.807, 2.05) is 84.1 Å². The van der Waals surface area contributed by atoms with Crippen molar-refractivity contribution < 1.29 is 4.42 Å². The average Bonchev–Trinajstić information content (AvgIpc) is 3.76. The van der Waals surface area contributed by atoms with Crippen molar-refractivity contribution in [3.63, 3.8) is 0 Å². The monoisotopic (exact) mass is 657 g/mol. The van der Waals surface area contributed by atoms with Crippen molar-refractivity contribution >= 4 is 53.4 Å². The van der Waals surface area contributed by atoms with E-state index >= 15 is 0 Å². The predicted molar refractivity (Wildman–Crippen MR) is 207 cm³/mol. The van der Waals surface area contributed by atoms with E-state index in [-0.39, 0.29) is 0 Å². The minimum Gasteiger partial charge on any atom is -0.456 e. The molecule has 10 aromatic rings. The van der Waals surface area contributed by atoms with Crippen LogP contribution in [0.15, 0.2) is 168 Å². The molecule has 0 saturated carbocycles. The highest BCUT2D eigenvalue weighted by molar-refractivity contribution is 7.25. The van der Waals surface area contributed by atoms with Crippen molar-refractivity contribution in [2.45, 2.75) is 0 Å². The van der Waals surface area contributed by atoms with Crippen molar-refractivity contribution in [2.75, 3.05) is 0 Å². The zero-order valence-corrected chi connectivity index (χ0v) is 27.6. The van der Waals surface area contributed by atoms with Crippen molar-refractivity contribution in [3.05, 3.63) is 164 Å². The molecule has 0 aliphatic carbocycles. The quantitative estimate of drug-likeness (QED) is 0.185. The van der Waals surface area contributed by atoms with E-state index in [0.717, 1.165) is 60.9 Å². The van der Waals surface area contributed by atoms with Gasteiger partial charge in [0.25, 0.3) is 0 Å². The Morgan fingerprint density at radius 3 is 1.74 bits per heavy atom. The summed E-state index contributed by atoms with van der Waals surface area (Å²) < 4.78 is 8.97. The Morgan fingerprint density at radius 2 is 0.960 bits per heavy atom. The van der Waals surface area contributed by atoms with Gasteiger partial charge in [0, 0.05) is 53.2 Å². The Labute approximate surface area is 292 Å². The smallest absolute Gasteiger partial charge is 0.164 e. The fraction of sp³-hybridized carbons (Fsp3) is 0. The van der Waals surface area contributed by atoms with Crippen LogP contribution in [0.1, 0.15) is 0 Å². The molecular formula is C45H27N3OS. The van der Waals surface area contributed by atoms with E-state index in [1.54, 1.807) is 0 Å². The molecule has 0 spiro atoms. The van der Waals surface area contributed by atoms with Crippen LogP contribution < -0.4 is 0 Å². The number of fused-ring (bicyclic) bond motifs is 6. The molecule has 0 saturated heterocycles. The van der Waals surface area contributed by atoms with Gasteiger partial charge >= 0.3 is 0 Å². The minimum atomic E-state index is 0.612. The van der Waals surface area contributed by atoms with Gasteiger partial charge in [0.05, 0.1) is 0 Å². The lowest BCUT2D eigenvalue weighted by Crippen LogP contribution is -2.01. The topological polar surface area (TPSA) is 51.8 Å². The van der Waals surface area contributed by atoms with Gasteiger partial charge in [-0.15, -0.1) is 11.3 Å². The van der Waals surface area contributed by atoms with Gasteiger partial charge in [0.15, 0.2) is 17.5 Å². The van der Waals surface area contributed by atoms with Crippen LogP contribution in [-0.4, -0.2) is 15.0 Å². The first kappa shape index (κ1) is 28.6. The number of aromatic nitrogens is 3. The van der Waals surface area contributed by atoms with E-state index in [4.69, 9.17) is 19.4 Å². The number of nitrogens with zero attached hydrogens (tertiary/aromatic N) is 3. The number of thiophene rings is 1. The molecule has 0 aliphatic rings. The molecule has 5 heteroatoms.